The first-order valence-electron chi connectivity index (χ1n) is 8.79. The van der Waals surface area contributed by atoms with E-state index in [-0.39, 0.29) is 11.6 Å². The predicted octanol–water partition coefficient (Wildman–Crippen LogP) is 5.10. The molecule has 10 heteroatoms. The lowest BCUT2D eigenvalue weighted by Crippen LogP contribution is -2.13. The van der Waals surface area contributed by atoms with Crippen LogP contribution in [-0.2, 0) is 0 Å². The Hall–Kier alpha value is -2.88. The van der Waals surface area contributed by atoms with E-state index in [0.29, 0.717) is 16.5 Å². The molecule has 1 N–H and O–H groups in total. The standard InChI is InChI=1S/C20H16ClN5O2S2/c1-12-3-5-17(28-2)16(9-12)26-8-7-15(25-26)19(27)23-13-4-6-18(14(21)10-13)30-20-24-22-11-29-20/h3-11H,1-2H3,(H,23,27). The third-order valence-corrected chi connectivity index (χ3v) is 6.41. The molecule has 0 aliphatic carbocycles. The van der Waals surface area contributed by atoms with Crippen molar-refractivity contribution in [3.8, 4) is 11.4 Å². The molecule has 1 amide bonds. The van der Waals surface area contributed by atoms with Crippen molar-refractivity contribution < 1.29 is 9.53 Å². The zero-order valence-electron chi connectivity index (χ0n) is 16.0. The maximum absolute atomic E-state index is 12.6. The van der Waals surface area contributed by atoms with E-state index in [0.717, 1.165) is 20.5 Å². The summed E-state index contributed by atoms with van der Waals surface area (Å²) in [5.74, 6) is 0.340. The van der Waals surface area contributed by atoms with Crippen LogP contribution < -0.4 is 10.1 Å². The fraction of sp³-hybridized carbons (Fsp3) is 0.100. The number of nitrogens with zero attached hydrogens (tertiary/aromatic N) is 4. The zero-order chi connectivity index (χ0) is 21.1. The number of methoxy groups -OCH3 is 1. The number of hydrogen-bond acceptors (Lipinski definition) is 7. The summed E-state index contributed by atoms with van der Waals surface area (Å²) >= 11 is 9.22. The summed E-state index contributed by atoms with van der Waals surface area (Å²) in [4.78, 5) is 13.5. The summed E-state index contributed by atoms with van der Waals surface area (Å²) in [6.45, 7) is 1.98. The van der Waals surface area contributed by atoms with E-state index in [1.165, 1.54) is 23.1 Å². The lowest BCUT2D eigenvalue weighted by Gasteiger charge is -2.09. The Bertz CT molecular complexity index is 1190. The normalized spacial score (nSPS) is 10.8. The third-order valence-electron chi connectivity index (χ3n) is 4.13. The first-order chi connectivity index (χ1) is 14.5. The molecule has 0 radical (unpaired) electrons. The second-order valence-electron chi connectivity index (χ2n) is 6.23. The highest BCUT2D eigenvalue weighted by molar-refractivity contribution is 8.01. The molecule has 0 unspecified atom stereocenters. The second-order valence-corrected chi connectivity index (χ2v) is 8.76. The lowest BCUT2D eigenvalue weighted by molar-refractivity contribution is 0.102. The van der Waals surface area contributed by atoms with Crippen molar-refractivity contribution in [2.24, 2.45) is 0 Å². The van der Waals surface area contributed by atoms with E-state index in [1.807, 2.05) is 31.2 Å². The minimum absolute atomic E-state index is 0.280. The van der Waals surface area contributed by atoms with Crippen LogP contribution >= 0.6 is 34.7 Å². The number of halogens is 1. The molecule has 0 saturated heterocycles. The Balaban J connectivity index is 1.50. The van der Waals surface area contributed by atoms with Crippen molar-refractivity contribution >= 4 is 46.3 Å². The molecule has 30 heavy (non-hydrogen) atoms. The lowest BCUT2D eigenvalue weighted by atomic mass is 10.2. The Morgan fingerprint density at radius 3 is 2.83 bits per heavy atom. The summed E-state index contributed by atoms with van der Waals surface area (Å²) in [5, 5.41) is 15.5. The van der Waals surface area contributed by atoms with Gasteiger partial charge in [-0.15, -0.1) is 10.2 Å². The molecule has 4 aromatic rings. The van der Waals surface area contributed by atoms with Gasteiger partial charge >= 0.3 is 0 Å². The maximum atomic E-state index is 12.6. The van der Waals surface area contributed by atoms with Crippen LogP contribution in [-0.4, -0.2) is 33.0 Å². The van der Waals surface area contributed by atoms with Crippen LogP contribution in [0.25, 0.3) is 5.69 Å². The van der Waals surface area contributed by atoms with Gasteiger partial charge in [-0.2, -0.15) is 5.10 Å². The summed E-state index contributed by atoms with van der Waals surface area (Å²) in [6.07, 6.45) is 1.72. The number of amides is 1. The fourth-order valence-corrected chi connectivity index (χ4v) is 4.45. The summed E-state index contributed by atoms with van der Waals surface area (Å²) in [7, 11) is 1.60. The number of rotatable bonds is 6. The van der Waals surface area contributed by atoms with Gasteiger partial charge in [0.05, 0.1) is 12.1 Å². The van der Waals surface area contributed by atoms with Crippen molar-refractivity contribution in [2.75, 3.05) is 12.4 Å². The molecular weight excluding hydrogens is 442 g/mol. The van der Waals surface area contributed by atoms with E-state index in [1.54, 1.807) is 41.7 Å². The minimum Gasteiger partial charge on any atom is -0.494 e. The molecule has 0 spiro atoms. The number of ether oxygens (including phenoxy) is 1. The van der Waals surface area contributed by atoms with Crippen LogP contribution in [0, 0.1) is 6.92 Å². The number of aromatic nitrogens is 4. The molecule has 2 heterocycles. The van der Waals surface area contributed by atoms with Gasteiger partial charge < -0.3 is 10.1 Å². The van der Waals surface area contributed by atoms with Gasteiger partial charge in [0.2, 0.25) is 0 Å². The molecule has 0 atom stereocenters. The van der Waals surface area contributed by atoms with Crippen molar-refractivity contribution in [2.45, 2.75) is 16.2 Å². The maximum Gasteiger partial charge on any atom is 0.276 e. The highest BCUT2D eigenvalue weighted by Gasteiger charge is 2.14. The van der Waals surface area contributed by atoms with E-state index in [4.69, 9.17) is 16.3 Å². The first kappa shape index (κ1) is 20.4. The number of hydrogen-bond donors (Lipinski definition) is 1. The number of aryl methyl sites for hydroxylation is 1. The monoisotopic (exact) mass is 457 g/mol. The van der Waals surface area contributed by atoms with Crippen molar-refractivity contribution in [1.29, 1.82) is 0 Å². The quantitative estimate of drug-likeness (QED) is 0.434. The Morgan fingerprint density at radius 2 is 2.10 bits per heavy atom. The molecule has 2 aromatic heterocycles. The SMILES string of the molecule is COc1ccc(C)cc1-n1ccc(C(=O)Nc2ccc(Sc3nncs3)c(Cl)c2)n1. The van der Waals surface area contributed by atoms with Gasteiger partial charge in [0.15, 0.2) is 10.0 Å². The molecule has 152 valence electrons. The van der Waals surface area contributed by atoms with Gasteiger partial charge in [-0.3, -0.25) is 4.79 Å². The van der Waals surface area contributed by atoms with Crippen LogP contribution in [0.3, 0.4) is 0 Å². The Morgan fingerprint density at radius 1 is 1.23 bits per heavy atom. The molecule has 0 aliphatic heterocycles. The minimum atomic E-state index is -0.332. The topological polar surface area (TPSA) is 81.9 Å². The van der Waals surface area contributed by atoms with E-state index < -0.39 is 0 Å². The number of carbonyl (C=O) groups is 1. The smallest absolute Gasteiger partial charge is 0.276 e. The van der Waals surface area contributed by atoms with Gasteiger partial charge in [-0.1, -0.05) is 40.8 Å². The average molecular weight is 458 g/mol. The van der Waals surface area contributed by atoms with Gasteiger partial charge in [-0.05, 0) is 48.9 Å². The predicted molar refractivity (Wildman–Crippen MR) is 118 cm³/mol. The van der Waals surface area contributed by atoms with Crippen molar-refractivity contribution in [3.05, 3.63) is 70.5 Å². The number of carbonyl (C=O) groups excluding carboxylic acids is 1. The Labute approximate surface area is 186 Å². The molecule has 4 rings (SSSR count). The van der Waals surface area contributed by atoms with Gasteiger partial charge in [0.1, 0.15) is 16.9 Å². The summed E-state index contributed by atoms with van der Waals surface area (Å²) < 4.78 is 7.81. The highest BCUT2D eigenvalue weighted by atomic mass is 35.5. The van der Waals surface area contributed by atoms with Gasteiger partial charge in [0.25, 0.3) is 5.91 Å². The van der Waals surface area contributed by atoms with Crippen LogP contribution in [0.15, 0.2) is 63.4 Å². The molecular formula is C20H16ClN5O2S2. The molecule has 0 saturated carbocycles. The third kappa shape index (κ3) is 4.48. The van der Waals surface area contributed by atoms with E-state index >= 15 is 0 Å². The number of benzene rings is 2. The second kappa shape index (κ2) is 8.86. The number of nitrogens with one attached hydrogen (secondary N) is 1. The number of anilines is 1. The first-order valence-corrected chi connectivity index (χ1v) is 10.9. The van der Waals surface area contributed by atoms with Crippen LogP contribution in [0.2, 0.25) is 5.02 Å². The van der Waals surface area contributed by atoms with Crippen LogP contribution in [0.4, 0.5) is 5.69 Å². The fourth-order valence-electron chi connectivity index (χ4n) is 2.72. The molecule has 2 aromatic carbocycles. The zero-order valence-corrected chi connectivity index (χ0v) is 18.4. The molecule has 0 bridgehead atoms. The average Bonchev–Trinajstić information content (AvgIpc) is 3.42. The van der Waals surface area contributed by atoms with Gasteiger partial charge in [0, 0.05) is 16.8 Å². The largest absolute Gasteiger partial charge is 0.494 e. The van der Waals surface area contributed by atoms with E-state index in [2.05, 4.69) is 20.6 Å². The molecule has 0 aliphatic rings. The summed E-state index contributed by atoms with van der Waals surface area (Å²) in [6, 6.07) is 12.7. The van der Waals surface area contributed by atoms with Crippen LogP contribution in [0.1, 0.15) is 16.1 Å². The molecule has 7 nitrogen and oxygen atoms in total. The van der Waals surface area contributed by atoms with Crippen molar-refractivity contribution in [1.82, 2.24) is 20.0 Å². The molecule has 0 fully saturated rings. The van der Waals surface area contributed by atoms with E-state index in [9.17, 15) is 4.79 Å². The Kier molecular flexibility index (Phi) is 6.03. The van der Waals surface area contributed by atoms with Crippen molar-refractivity contribution in [3.63, 3.8) is 0 Å². The van der Waals surface area contributed by atoms with Crippen LogP contribution in [0.5, 0.6) is 5.75 Å². The van der Waals surface area contributed by atoms with Gasteiger partial charge in [-0.25, -0.2) is 4.68 Å². The highest BCUT2D eigenvalue weighted by Crippen LogP contribution is 2.35. The summed E-state index contributed by atoms with van der Waals surface area (Å²) in [5.41, 5.74) is 4.35.